The molecule has 0 aliphatic carbocycles. The normalized spacial score (nSPS) is 19.0. The first-order valence-corrected chi connectivity index (χ1v) is 6.45. The zero-order chi connectivity index (χ0) is 14.2. The lowest BCUT2D eigenvalue weighted by molar-refractivity contribution is -0.384. The zero-order valence-corrected chi connectivity index (χ0v) is 11.8. The Kier molecular flexibility index (Phi) is 3.81. The van der Waals surface area contributed by atoms with Crippen LogP contribution in [0.3, 0.4) is 0 Å². The quantitative estimate of drug-likeness (QED) is 0.668. The lowest BCUT2D eigenvalue weighted by atomic mass is 10.1. The molecule has 1 unspecified atom stereocenters. The minimum atomic E-state index is -0.540. The molecule has 1 amide bonds. The smallest absolute Gasteiger partial charge is 0.316 e. The Morgan fingerprint density at radius 2 is 2.37 bits per heavy atom. The van der Waals surface area contributed by atoms with E-state index in [9.17, 15) is 14.9 Å². The first kappa shape index (κ1) is 13.9. The fraction of sp³-hybridized carbons (Fsp3) is 0.455. The largest absolute Gasteiger partial charge is 0.396 e. The van der Waals surface area contributed by atoms with E-state index in [1.807, 2.05) is 0 Å². The molecule has 0 radical (unpaired) electrons. The summed E-state index contributed by atoms with van der Waals surface area (Å²) in [4.78, 5) is 27.8. The van der Waals surface area contributed by atoms with Gasteiger partial charge >= 0.3 is 5.69 Å². The number of aliphatic hydroxyl groups excluding tert-OH is 1. The number of aromatic nitrogens is 1. The maximum Gasteiger partial charge on any atom is 0.316 e. The van der Waals surface area contributed by atoms with Gasteiger partial charge in [-0.05, 0) is 22.9 Å². The van der Waals surface area contributed by atoms with E-state index in [2.05, 4.69) is 20.9 Å². The molecule has 0 saturated carbocycles. The Labute approximate surface area is 117 Å². The molecule has 0 spiro atoms. The molecule has 1 saturated heterocycles. The summed E-state index contributed by atoms with van der Waals surface area (Å²) in [5.41, 5.74) is 0.247. The average molecular weight is 330 g/mol. The molecule has 1 atom stereocenters. The van der Waals surface area contributed by atoms with Crippen molar-refractivity contribution in [2.75, 3.05) is 18.1 Å². The van der Waals surface area contributed by atoms with Gasteiger partial charge in [-0.3, -0.25) is 19.8 Å². The van der Waals surface area contributed by atoms with Gasteiger partial charge in [0.25, 0.3) is 0 Å². The Hall–Kier alpha value is -1.54. The highest BCUT2D eigenvalue weighted by molar-refractivity contribution is 9.10. The van der Waals surface area contributed by atoms with Gasteiger partial charge < -0.3 is 5.11 Å². The zero-order valence-electron chi connectivity index (χ0n) is 10.2. The first-order valence-electron chi connectivity index (χ1n) is 5.66. The minimum absolute atomic E-state index is 0.0478. The van der Waals surface area contributed by atoms with Crippen molar-refractivity contribution in [3.05, 3.63) is 26.3 Å². The highest BCUT2D eigenvalue weighted by Gasteiger charge is 2.36. The molecule has 0 bridgehead atoms. The molecule has 1 N–H and O–H groups in total. The van der Waals surface area contributed by atoms with Gasteiger partial charge in [0.2, 0.25) is 11.7 Å². The second-order valence-electron chi connectivity index (χ2n) is 4.42. The Morgan fingerprint density at radius 3 is 2.89 bits per heavy atom. The molecule has 1 fully saturated rings. The van der Waals surface area contributed by atoms with Crippen LogP contribution < -0.4 is 4.90 Å². The van der Waals surface area contributed by atoms with E-state index in [-0.39, 0.29) is 42.9 Å². The lowest BCUT2D eigenvalue weighted by Crippen LogP contribution is -2.27. The van der Waals surface area contributed by atoms with Crippen molar-refractivity contribution >= 4 is 33.3 Å². The fourth-order valence-corrected chi connectivity index (χ4v) is 2.37. The number of rotatable bonds is 3. The van der Waals surface area contributed by atoms with Gasteiger partial charge in [0.05, 0.1) is 4.92 Å². The summed E-state index contributed by atoms with van der Waals surface area (Å²) in [7, 11) is 0. The molecule has 19 heavy (non-hydrogen) atoms. The first-order chi connectivity index (χ1) is 8.95. The number of hydrogen-bond donors (Lipinski definition) is 1. The van der Waals surface area contributed by atoms with Crippen LogP contribution in [0.2, 0.25) is 0 Å². The maximum atomic E-state index is 11.9. The number of nitro groups is 1. The van der Waals surface area contributed by atoms with Gasteiger partial charge in [-0.15, -0.1) is 0 Å². The number of anilines is 1. The number of aliphatic hydroxyl groups is 1. The predicted octanol–water partition coefficient (Wildman–Crippen LogP) is 1.41. The van der Waals surface area contributed by atoms with E-state index in [4.69, 9.17) is 5.11 Å². The molecule has 1 aromatic rings. The summed E-state index contributed by atoms with van der Waals surface area (Å²) in [5, 5.41) is 20.3. The third kappa shape index (κ3) is 2.45. The van der Waals surface area contributed by atoms with Crippen molar-refractivity contribution in [3.8, 4) is 0 Å². The van der Waals surface area contributed by atoms with Crippen molar-refractivity contribution in [2.24, 2.45) is 5.92 Å². The SMILES string of the molecule is Cc1c(Br)cnc(N2CC(CO)CC2=O)c1[N+](=O)[O-]. The van der Waals surface area contributed by atoms with E-state index in [0.717, 1.165) is 0 Å². The van der Waals surface area contributed by atoms with Gasteiger partial charge in [0, 0.05) is 41.7 Å². The predicted molar refractivity (Wildman–Crippen MR) is 70.9 cm³/mol. The Bertz CT molecular complexity index is 549. The number of nitrogens with zero attached hydrogens (tertiary/aromatic N) is 3. The summed E-state index contributed by atoms with van der Waals surface area (Å²) in [6.07, 6.45) is 1.63. The monoisotopic (exact) mass is 329 g/mol. The molecule has 102 valence electrons. The van der Waals surface area contributed by atoms with E-state index in [1.54, 1.807) is 6.92 Å². The molecular formula is C11H12BrN3O4. The third-order valence-electron chi connectivity index (χ3n) is 3.13. The number of carbonyl (C=O) groups excluding carboxylic acids is 1. The van der Waals surface area contributed by atoms with Crippen molar-refractivity contribution in [2.45, 2.75) is 13.3 Å². The number of halogens is 1. The van der Waals surface area contributed by atoms with Gasteiger partial charge in [0.15, 0.2) is 0 Å². The molecule has 8 heteroatoms. The summed E-state index contributed by atoms with van der Waals surface area (Å²) >= 11 is 3.19. The number of pyridine rings is 1. The number of carbonyl (C=O) groups is 1. The summed E-state index contributed by atoms with van der Waals surface area (Å²) < 4.78 is 0.522. The van der Waals surface area contributed by atoms with Crippen molar-refractivity contribution < 1.29 is 14.8 Å². The summed E-state index contributed by atoms with van der Waals surface area (Å²) in [6, 6.07) is 0. The molecule has 1 aliphatic rings. The minimum Gasteiger partial charge on any atom is -0.396 e. The van der Waals surface area contributed by atoms with Crippen molar-refractivity contribution in [3.63, 3.8) is 0 Å². The van der Waals surface area contributed by atoms with Gasteiger partial charge in [-0.25, -0.2) is 4.98 Å². The molecule has 0 aromatic carbocycles. The van der Waals surface area contributed by atoms with Crippen LogP contribution in [0.5, 0.6) is 0 Å². The molecule has 7 nitrogen and oxygen atoms in total. The molecule has 1 aromatic heterocycles. The van der Waals surface area contributed by atoms with Crippen LogP contribution in [0.4, 0.5) is 11.5 Å². The molecule has 2 heterocycles. The molecular weight excluding hydrogens is 318 g/mol. The number of hydrogen-bond acceptors (Lipinski definition) is 5. The highest BCUT2D eigenvalue weighted by Crippen LogP contribution is 2.36. The van der Waals surface area contributed by atoms with E-state index in [1.165, 1.54) is 11.1 Å². The Balaban J connectivity index is 2.49. The highest BCUT2D eigenvalue weighted by atomic mass is 79.9. The number of amides is 1. The third-order valence-corrected chi connectivity index (χ3v) is 3.93. The second kappa shape index (κ2) is 5.22. The summed E-state index contributed by atoms with van der Waals surface area (Å²) in [6.45, 7) is 1.73. The average Bonchev–Trinajstić information content (AvgIpc) is 2.73. The van der Waals surface area contributed by atoms with Crippen LogP contribution in [0.1, 0.15) is 12.0 Å². The van der Waals surface area contributed by atoms with Gasteiger partial charge in [0.1, 0.15) is 0 Å². The van der Waals surface area contributed by atoms with Crippen LogP contribution in [-0.4, -0.2) is 34.1 Å². The topological polar surface area (TPSA) is 96.6 Å². The molecule has 1 aliphatic heterocycles. The lowest BCUT2D eigenvalue weighted by Gasteiger charge is -2.16. The summed E-state index contributed by atoms with van der Waals surface area (Å²) in [5.74, 6) is -0.402. The van der Waals surface area contributed by atoms with Crippen molar-refractivity contribution in [1.29, 1.82) is 0 Å². The van der Waals surface area contributed by atoms with Crippen molar-refractivity contribution in [1.82, 2.24) is 4.98 Å². The van der Waals surface area contributed by atoms with Gasteiger partial charge in [-0.1, -0.05) is 0 Å². The van der Waals surface area contributed by atoms with Crippen LogP contribution in [0.15, 0.2) is 10.7 Å². The van der Waals surface area contributed by atoms with Crippen LogP contribution >= 0.6 is 15.9 Å². The standard InChI is InChI=1S/C11H12BrN3O4/c1-6-8(12)3-13-11(10(6)15(18)19)14-4-7(5-16)2-9(14)17/h3,7,16H,2,4-5H2,1H3. The second-order valence-corrected chi connectivity index (χ2v) is 5.27. The van der Waals surface area contributed by atoms with E-state index < -0.39 is 4.92 Å². The van der Waals surface area contributed by atoms with Gasteiger partial charge in [-0.2, -0.15) is 0 Å². The van der Waals surface area contributed by atoms with Crippen LogP contribution in [0, 0.1) is 23.0 Å². The fourth-order valence-electron chi connectivity index (χ4n) is 2.08. The van der Waals surface area contributed by atoms with Crippen LogP contribution in [-0.2, 0) is 4.79 Å². The molecule has 2 rings (SSSR count). The Morgan fingerprint density at radius 1 is 1.68 bits per heavy atom. The van der Waals surface area contributed by atoms with Crippen LogP contribution in [0.25, 0.3) is 0 Å². The van der Waals surface area contributed by atoms with E-state index in [0.29, 0.717) is 10.0 Å². The maximum absolute atomic E-state index is 11.9. The van der Waals surface area contributed by atoms with E-state index >= 15 is 0 Å².